The number of unbranched alkanes of at least 4 members (excludes halogenated alkanes) is 26. The summed E-state index contributed by atoms with van der Waals surface area (Å²) in [5.74, 6) is 0.903. The van der Waals surface area contributed by atoms with Crippen LogP contribution in [0.25, 0.3) is 62.0 Å². The van der Waals surface area contributed by atoms with Gasteiger partial charge in [0.05, 0.1) is 36.7 Å². The number of nitrogens with zero attached hydrogens (tertiary/aromatic N) is 4. The number of halogens is 2. The third-order valence-electron chi connectivity index (χ3n) is 14.6. The molecule has 6 aromatic heterocycles. The number of hydrogen-bond donors (Lipinski definition) is 0. The summed E-state index contributed by atoms with van der Waals surface area (Å²) in [6.07, 6.45) is 43.6. The van der Waals surface area contributed by atoms with Crippen LogP contribution in [0.2, 0.25) is 0 Å². The maximum Gasteiger partial charge on any atom is 0.111 e. The van der Waals surface area contributed by atoms with E-state index in [4.69, 9.17) is 19.9 Å². The molecule has 6 heterocycles. The lowest BCUT2D eigenvalue weighted by molar-refractivity contribution is 0.512. The van der Waals surface area contributed by atoms with Gasteiger partial charge < -0.3 is 0 Å². The Morgan fingerprint density at radius 2 is 0.652 bits per heavy atom. The van der Waals surface area contributed by atoms with Crippen molar-refractivity contribution >= 4 is 131 Å². The first kappa shape index (κ1) is 55.4. The van der Waals surface area contributed by atoms with Crippen molar-refractivity contribution in [3.63, 3.8) is 0 Å². The number of thiophene rings is 3. The quantitative estimate of drug-likeness (QED) is 0.0367. The van der Waals surface area contributed by atoms with E-state index in [1.165, 1.54) is 232 Å². The third-order valence-corrected chi connectivity index (χ3v) is 21.8. The maximum atomic E-state index is 5.71. The Morgan fingerprint density at radius 3 is 0.942 bits per heavy atom. The van der Waals surface area contributed by atoms with E-state index < -0.39 is 0 Å². The van der Waals surface area contributed by atoms with Crippen molar-refractivity contribution in [3.8, 4) is 19.5 Å². The van der Waals surface area contributed by atoms with E-state index in [0.29, 0.717) is 11.8 Å². The van der Waals surface area contributed by atoms with Gasteiger partial charge in [-0.05, 0) is 81.8 Å². The van der Waals surface area contributed by atoms with E-state index in [9.17, 15) is 0 Å². The highest BCUT2D eigenvalue weighted by Crippen LogP contribution is 2.50. The number of benzene rings is 1. The Bertz CT molecular complexity index is 2390. The van der Waals surface area contributed by atoms with E-state index in [1.807, 2.05) is 34.0 Å². The molecule has 1 aromatic carbocycles. The predicted octanol–water partition coefficient (Wildman–Crippen LogP) is 23.8. The van der Waals surface area contributed by atoms with Gasteiger partial charge in [0, 0.05) is 21.6 Å². The van der Waals surface area contributed by atoms with Crippen LogP contribution in [-0.2, 0) is 0 Å². The van der Waals surface area contributed by atoms with Gasteiger partial charge in [-0.1, -0.05) is 207 Å². The first-order valence-corrected chi connectivity index (χ1v) is 33.5. The zero-order valence-electron chi connectivity index (χ0n) is 42.7. The van der Waals surface area contributed by atoms with Gasteiger partial charge in [0.1, 0.15) is 33.1 Å². The van der Waals surface area contributed by atoms with Gasteiger partial charge in [0.15, 0.2) is 0 Å². The molecule has 0 saturated carbocycles. The molecule has 0 radical (unpaired) electrons. The van der Waals surface area contributed by atoms with Crippen LogP contribution in [0.15, 0.2) is 31.8 Å². The van der Waals surface area contributed by atoms with E-state index in [-0.39, 0.29) is 0 Å². The number of rotatable bonds is 36. The van der Waals surface area contributed by atoms with Gasteiger partial charge in [-0.2, -0.15) is 0 Å². The van der Waals surface area contributed by atoms with Crippen LogP contribution in [0.5, 0.6) is 0 Å². The fraction of sp³-hybridized carbons (Fsp3) is 0.655. The molecule has 0 N–H and O–H groups in total. The molecular weight excluding hydrogens is 1070 g/mol. The molecule has 0 saturated heterocycles. The summed E-state index contributed by atoms with van der Waals surface area (Å²) in [4.78, 5) is 27.5. The van der Waals surface area contributed by atoms with Crippen LogP contribution in [0.3, 0.4) is 0 Å². The topological polar surface area (TPSA) is 51.6 Å². The summed E-state index contributed by atoms with van der Waals surface area (Å²) in [5.41, 5.74) is 6.11. The predicted molar refractivity (Wildman–Crippen MR) is 319 cm³/mol. The SMILES string of the molecule is CCCCCCCCCCCCCCCCC(CC)c1nc2c3nc(C(CC)CCCCCCCCCCCCCCCC)sc3c3nc4c(-c5ccc(Br)s5)sc(-c5ccc(Br)s5)c4nc3c2s1. The van der Waals surface area contributed by atoms with Gasteiger partial charge in [0.2, 0.25) is 0 Å². The summed E-state index contributed by atoms with van der Waals surface area (Å²) < 4.78 is 4.60. The van der Waals surface area contributed by atoms with E-state index in [0.717, 1.165) is 53.5 Å². The van der Waals surface area contributed by atoms with Crippen LogP contribution < -0.4 is 0 Å². The van der Waals surface area contributed by atoms with E-state index in [1.54, 1.807) is 22.7 Å². The molecule has 0 aliphatic heterocycles. The molecule has 0 aliphatic carbocycles. The van der Waals surface area contributed by atoms with Crippen LogP contribution in [0.1, 0.15) is 255 Å². The molecule has 0 spiro atoms. The average molecular weight is 1160 g/mol. The van der Waals surface area contributed by atoms with Crippen LogP contribution in [0.4, 0.5) is 0 Å². The molecule has 378 valence electrons. The first-order chi connectivity index (χ1) is 33.9. The highest BCUT2D eigenvalue weighted by Gasteiger charge is 2.27. The summed E-state index contributed by atoms with van der Waals surface area (Å²) in [7, 11) is 0. The minimum atomic E-state index is 0.451. The van der Waals surface area contributed by atoms with Crippen molar-refractivity contribution in [1.82, 2.24) is 19.9 Å². The number of hydrogen-bond acceptors (Lipinski definition) is 9. The summed E-state index contributed by atoms with van der Waals surface area (Å²) >= 11 is 16.7. The lowest BCUT2D eigenvalue weighted by Crippen LogP contribution is -1.97. The van der Waals surface area contributed by atoms with Gasteiger partial charge in [-0.15, -0.1) is 56.7 Å². The molecular formula is C58H82Br2N4S5. The van der Waals surface area contributed by atoms with Gasteiger partial charge in [-0.3, -0.25) is 0 Å². The molecule has 69 heavy (non-hydrogen) atoms. The Labute approximate surface area is 453 Å². The second-order valence-electron chi connectivity index (χ2n) is 20.0. The molecule has 4 nitrogen and oxygen atoms in total. The van der Waals surface area contributed by atoms with Crippen molar-refractivity contribution in [2.45, 2.75) is 245 Å². The Hall–Kier alpha value is -1.34. The zero-order valence-corrected chi connectivity index (χ0v) is 49.9. The Morgan fingerprint density at radius 1 is 0.348 bits per heavy atom. The molecule has 0 aliphatic rings. The highest BCUT2D eigenvalue weighted by molar-refractivity contribution is 9.11. The summed E-state index contributed by atoms with van der Waals surface area (Å²) in [6.45, 7) is 9.34. The van der Waals surface area contributed by atoms with Crippen molar-refractivity contribution in [1.29, 1.82) is 0 Å². The molecule has 7 aromatic rings. The third kappa shape index (κ3) is 15.8. The molecule has 2 atom stereocenters. The molecule has 0 amide bonds. The van der Waals surface area contributed by atoms with Crippen LogP contribution in [0, 0.1) is 0 Å². The van der Waals surface area contributed by atoms with Crippen molar-refractivity contribution in [3.05, 3.63) is 41.9 Å². The monoisotopic (exact) mass is 1150 g/mol. The molecule has 2 unspecified atom stereocenters. The second-order valence-corrected chi connectivity index (χ2v) is 28.0. The maximum absolute atomic E-state index is 5.71. The molecule has 0 fully saturated rings. The molecule has 7 rings (SSSR count). The standard InChI is InChI=1S/C58H82Br2N4S5/c1-5-9-11-13-15-17-19-21-23-25-27-29-31-33-35-41(7-3)57-63-51-52-56(69-58(64-52)42(8-4)36-34-32-30-28-26-24-22-20-18-16-14-12-10-6-2)50-49(55(51)68-57)61-47-48(62-50)54(44-38-40-46(60)66-44)67-53(47)43-37-39-45(59)65-43/h37-42H,5-36H2,1-4H3. The molecule has 0 bridgehead atoms. The van der Waals surface area contributed by atoms with E-state index in [2.05, 4.69) is 83.8 Å². The fourth-order valence-corrected chi connectivity index (χ4v) is 17.0. The largest absolute Gasteiger partial charge is 0.241 e. The van der Waals surface area contributed by atoms with Crippen molar-refractivity contribution < 1.29 is 0 Å². The first-order valence-electron chi connectivity index (χ1n) is 27.8. The average Bonchev–Trinajstić information content (AvgIpc) is 4.22. The summed E-state index contributed by atoms with van der Waals surface area (Å²) in [5, 5.41) is 2.53. The lowest BCUT2D eigenvalue weighted by atomic mass is 9.98. The minimum Gasteiger partial charge on any atom is -0.241 e. The highest BCUT2D eigenvalue weighted by atomic mass is 79.9. The second kappa shape index (κ2) is 30.1. The van der Waals surface area contributed by atoms with Gasteiger partial charge in [0.25, 0.3) is 0 Å². The molecule has 11 heteroatoms. The van der Waals surface area contributed by atoms with Gasteiger partial charge >= 0.3 is 0 Å². The normalized spacial score (nSPS) is 13.1. The Balaban J connectivity index is 1.07. The smallest absolute Gasteiger partial charge is 0.111 e. The fourth-order valence-electron chi connectivity index (χ4n) is 10.3. The van der Waals surface area contributed by atoms with Crippen molar-refractivity contribution in [2.24, 2.45) is 0 Å². The van der Waals surface area contributed by atoms with Gasteiger partial charge in [-0.25, -0.2) is 19.9 Å². The van der Waals surface area contributed by atoms with E-state index >= 15 is 0 Å². The number of fused-ring (bicyclic) bond motifs is 7. The van der Waals surface area contributed by atoms with Crippen LogP contribution in [-0.4, -0.2) is 19.9 Å². The zero-order chi connectivity index (χ0) is 48.2. The van der Waals surface area contributed by atoms with Crippen LogP contribution >= 0.6 is 88.5 Å². The minimum absolute atomic E-state index is 0.451. The number of thiazole rings is 2. The Kier molecular flexibility index (Phi) is 24.2. The lowest BCUT2D eigenvalue weighted by Gasteiger charge is -2.11. The number of aromatic nitrogens is 4. The summed E-state index contributed by atoms with van der Waals surface area (Å²) in [6, 6.07) is 8.77. The van der Waals surface area contributed by atoms with Crippen molar-refractivity contribution in [2.75, 3.05) is 0 Å².